The minimum absolute atomic E-state index is 0.808. The fraction of sp³-hybridized carbons (Fsp3) is 0.0667. The van der Waals surface area contributed by atoms with Crippen LogP contribution in [0.5, 0.6) is 0 Å². The molecule has 0 heterocycles. The summed E-state index contributed by atoms with van der Waals surface area (Å²) in [5.41, 5.74) is 4.89. The molecule has 1 aliphatic carbocycles. The van der Waals surface area contributed by atoms with E-state index in [0.29, 0.717) is 0 Å². The van der Waals surface area contributed by atoms with Crippen molar-refractivity contribution in [1.82, 2.24) is 0 Å². The topological polar surface area (TPSA) is 0 Å². The van der Waals surface area contributed by atoms with Gasteiger partial charge in [-0.1, -0.05) is 63.9 Å². The van der Waals surface area contributed by atoms with Crippen LogP contribution in [-0.2, 0) is 6.42 Å². The highest BCUT2D eigenvalue weighted by molar-refractivity contribution is 9.10. The van der Waals surface area contributed by atoms with Crippen LogP contribution in [0.3, 0.4) is 0 Å². The Hall–Kier alpha value is -1.05. The van der Waals surface area contributed by atoms with Crippen LogP contribution in [0, 0.1) is 0 Å². The molecule has 2 aromatic rings. The summed E-state index contributed by atoms with van der Waals surface area (Å²) in [6.07, 6.45) is 5.35. The SMILES string of the molecule is Clc1ccc2c(c1-c1ccccc1Br)C=CC2. The molecule has 0 bridgehead atoms. The summed E-state index contributed by atoms with van der Waals surface area (Å²) in [5, 5.41) is 0.808. The lowest BCUT2D eigenvalue weighted by Crippen LogP contribution is -1.89. The Morgan fingerprint density at radius 2 is 1.88 bits per heavy atom. The highest BCUT2D eigenvalue weighted by atomic mass is 79.9. The molecule has 17 heavy (non-hydrogen) atoms. The molecule has 0 fully saturated rings. The van der Waals surface area contributed by atoms with Crippen molar-refractivity contribution >= 4 is 33.6 Å². The third-order valence-electron chi connectivity index (χ3n) is 3.05. The number of hydrogen-bond acceptors (Lipinski definition) is 0. The minimum Gasteiger partial charge on any atom is -0.0836 e. The van der Waals surface area contributed by atoms with Gasteiger partial charge in [0.1, 0.15) is 0 Å². The number of benzene rings is 2. The number of hydrogen-bond donors (Lipinski definition) is 0. The molecule has 0 N–H and O–H groups in total. The molecule has 0 atom stereocenters. The largest absolute Gasteiger partial charge is 0.0836 e. The Labute approximate surface area is 114 Å². The summed E-state index contributed by atoms with van der Waals surface area (Å²) in [6.45, 7) is 0. The van der Waals surface area contributed by atoms with E-state index in [1.807, 2.05) is 24.3 Å². The van der Waals surface area contributed by atoms with Crippen LogP contribution < -0.4 is 0 Å². The molecule has 0 saturated heterocycles. The van der Waals surface area contributed by atoms with Crippen molar-refractivity contribution in [2.24, 2.45) is 0 Å². The number of rotatable bonds is 1. The zero-order valence-corrected chi connectivity index (χ0v) is 11.4. The van der Waals surface area contributed by atoms with E-state index in [9.17, 15) is 0 Å². The Bertz CT molecular complexity index is 614. The number of allylic oxidation sites excluding steroid dienone is 1. The fourth-order valence-corrected chi connectivity index (χ4v) is 3.00. The predicted molar refractivity (Wildman–Crippen MR) is 77.3 cm³/mol. The molecule has 3 rings (SSSR count). The van der Waals surface area contributed by atoms with Crippen LogP contribution in [0.25, 0.3) is 17.2 Å². The molecule has 84 valence electrons. The first-order chi connectivity index (χ1) is 8.27. The lowest BCUT2D eigenvalue weighted by Gasteiger charge is -2.12. The zero-order chi connectivity index (χ0) is 11.8. The average molecular weight is 306 g/mol. The third kappa shape index (κ3) is 1.84. The molecule has 2 heteroatoms. The first-order valence-corrected chi connectivity index (χ1v) is 6.67. The van der Waals surface area contributed by atoms with Gasteiger partial charge in [-0.15, -0.1) is 0 Å². The molecule has 1 aliphatic rings. The van der Waals surface area contributed by atoms with Crippen LogP contribution in [0.1, 0.15) is 11.1 Å². The monoisotopic (exact) mass is 304 g/mol. The lowest BCUT2D eigenvalue weighted by molar-refractivity contribution is 1.31. The molecule has 0 aromatic heterocycles. The summed E-state index contributed by atoms with van der Waals surface area (Å²) in [4.78, 5) is 0. The van der Waals surface area contributed by atoms with Crippen LogP contribution >= 0.6 is 27.5 Å². The molecular weight excluding hydrogens is 296 g/mol. The van der Waals surface area contributed by atoms with Gasteiger partial charge in [-0.2, -0.15) is 0 Å². The maximum atomic E-state index is 6.36. The van der Waals surface area contributed by atoms with Gasteiger partial charge in [-0.3, -0.25) is 0 Å². The van der Waals surface area contributed by atoms with E-state index in [-0.39, 0.29) is 0 Å². The number of fused-ring (bicyclic) bond motifs is 1. The molecule has 0 unspecified atom stereocenters. The van der Waals surface area contributed by atoms with E-state index in [1.54, 1.807) is 0 Å². The van der Waals surface area contributed by atoms with Gasteiger partial charge in [0.05, 0.1) is 0 Å². The van der Waals surface area contributed by atoms with Gasteiger partial charge in [-0.25, -0.2) is 0 Å². The summed E-state index contributed by atoms with van der Waals surface area (Å²) < 4.78 is 1.08. The second-order valence-electron chi connectivity index (χ2n) is 4.08. The average Bonchev–Trinajstić information content (AvgIpc) is 2.79. The van der Waals surface area contributed by atoms with Crippen LogP contribution in [0.2, 0.25) is 5.02 Å². The maximum absolute atomic E-state index is 6.36. The summed E-state index contributed by atoms with van der Waals surface area (Å²) in [6, 6.07) is 12.3. The Morgan fingerprint density at radius 1 is 1.06 bits per heavy atom. The van der Waals surface area contributed by atoms with Crippen LogP contribution in [0.4, 0.5) is 0 Å². The minimum atomic E-state index is 0.808. The summed E-state index contributed by atoms with van der Waals surface area (Å²) >= 11 is 9.95. The molecule has 0 radical (unpaired) electrons. The highest BCUT2D eigenvalue weighted by Gasteiger charge is 2.16. The van der Waals surface area contributed by atoms with Crippen molar-refractivity contribution in [1.29, 1.82) is 0 Å². The molecular formula is C15H10BrCl. The summed E-state index contributed by atoms with van der Waals surface area (Å²) in [5.74, 6) is 0. The predicted octanol–water partition coefficient (Wildman–Crippen LogP) is 5.34. The Morgan fingerprint density at radius 3 is 2.71 bits per heavy atom. The van der Waals surface area contributed by atoms with E-state index in [2.05, 4.69) is 40.2 Å². The van der Waals surface area contributed by atoms with Crippen molar-refractivity contribution in [3.63, 3.8) is 0 Å². The van der Waals surface area contributed by atoms with Crippen molar-refractivity contribution in [2.45, 2.75) is 6.42 Å². The van der Waals surface area contributed by atoms with E-state index in [4.69, 9.17) is 11.6 Å². The van der Waals surface area contributed by atoms with Crippen molar-refractivity contribution in [3.8, 4) is 11.1 Å². The van der Waals surface area contributed by atoms with Gasteiger partial charge in [0.25, 0.3) is 0 Å². The molecule has 0 saturated carbocycles. The zero-order valence-electron chi connectivity index (χ0n) is 9.08. The van der Waals surface area contributed by atoms with Gasteiger partial charge < -0.3 is 0 Å². The Kier molecular flexibility index (Phi) is 2.81. The molecule has 0 nitrogen and oxygen atoms in total. The molecule has 0 amide bonds. The quantitative estimate of drug-likeness (QED) is 0.667. The fourth-order valence-electron chi connectivity index (χ4n) is 2.25. The molecule has 2 aromatic carbocycles. The van der Waals surface area contributed by atoms with Crippen molar-refractivity contribution in [3.05, 3.63) is 63.1 Å². The van der Waals surface area contributed by atoms with Crippen molar-refractivity contribution in [2.75, 3.05) is 0 Å². The van der Waals surface area contributed by atoms with E-state index in [0.717, 1.165) is 27.0 Å². The van der Waals surface area contributed by atoms with E-state index >= 15 is 0 Å². The van der Waals surface area contributed by atoms with Gasteiger partial charge in [-0.05, 0) is 35.2 Å². The lowest BCUT2D eigenvalue weighted by atomic mass is 9.97. The second-order valence-corrected chi connectivity index (χ2v) is 5.34. The highest BCUT2D eigenvalue weighted by Crippen LogP contribution is 2.39. The third-order valence-corrected chi connectivity index (χ3v) is 4.06. The van der Waals surface area contributed by atoms with Gasteiger partial charge in [0.2, 0.25) is 0 Å². The number of halogens is 2. The molecule has 0 spiro atoms. The van der Waals surface area contributed by atoms with E-state index in [1.165, 1.54) is 11.1 Å². The van der Waals surface area contributed by atoms with Crippen LogP contribution in [0.15, 0.2) is 46.9 Å². The second kappa shape index (κ2) is 4.32. The van der Waals surface area contributed by atoms with Gasteiger partial charge >= 0.3 is 0 Å². The van der Waals surface area contributed by atoms with Crippen LogP contribution in [-0.4, -0.2) is 0 Å². The van der Waals surface area contributed by atoms with Gasteiger partial charge in [0.15, 0.2) is 0 Å². The first-order valence-electron chi connectivity index (χ1n) is 5.50. The molecule has 0 aliphatic heterocycles. The smallest absolute Gasteiger partial charge is 0.0491 e. The Balaban J connectivity index is 2.32. The standard InChI is InChI=1S/C15H10BrCl/c16-13-7-2-1-5-12(13)15-11-6-3-4-10(11)8-9-14(15)17/h1-3,5-9H,4H2. The first kappa shape index (κ1) is 11.1. The normalized spacial score (nSPS) is 12.8. The summed E-state index contributed by atoms with van der Waals surface area (Å²) in [7, 11) is 0. The van der Waals surface area contributed by atoms with Crippen molar-refractivity contribution < 1.29 is 0 Å². The van der Waals surface area contributed by atoms with E-state index < -0.39 is 0 Å². The maximum Gasteiger partial charge on any atom is 0.0491 e. The van der Waals surface area contributed by atoms with Gasteiger partial charge in [0, 0.05) is 15.1 Å².